The first-order chi connectivity index (χ1) is 10.1. The van der Waals surface area contributed by atoms with Crippen LogP contribution in [-0.4, -0.2) is 37.6 Å². The van der Waals surface area contributed by atoms with Gasteiger partial charge < -0.3 is 10.2 Å². The van der Waals surface area contributed by atoms with E-state index < -0.39 is 0 Å². The third kappa shape index (κ3) is 3.88. The van der Waals surface area contributed by atoms with Crippen molar-refractivity contribution in [2.24, 2.45) is 0 Å². The van der Waals surface area contributed by atoms with Crippen molar-refractivity contribution in [1.82, 2.24) is 10.2 Å². The van der Waals surface area contributed by atoms with E-state index in [1.54, 1.807) is 0 Å². The van der Waals surface area contributed by atoms with Gasteiger partial charge in [0.05, 0.1) is 0 Å². The van der Waals surface area contributed by atoms with E-state index in [1.807, 2.05) is 11.3 Å². The molecule has 0 spiro atoms. The minimum atomic E-state index is 0.321. The number of rotatable bonds is 6. The van der Waals surface area contributed by atoms with Gasteiger partial charge >= 0.3 is 0 Å². The van der Waals surface area contributed by atoms with Crippen molar-refractivity contribution >= 4 is 11.3 Å². The summed E-state index contributed by atoms with van der Waals surface area (Å²) >= 11 is 2.00. The third-order valence-electron chi connectivity index (χ3n) is 5.33. The Hall–Kier alpha value is -0.380. The molecule has 1 aliphatic rings. The number of likely N-dealkylation sites (N-methyl/N-ethyl adjacent to an activating group) is 2. The van der Waals surface area contributed by atoms with Crippen LogP contribution in [-0.2, 0) is 12.8 Å². The number of hydrogen-bond acceptors (Lipinski definition) is 3. The van der Waals surface area contributed by atoms with Crippen molar-refractivity contribution in [2.75, 3.05) is 21.1 Å². The van der Waals surface area contributed by atoms with Crippen LogP contribution >= 0.6 is 11.3 Å². The fourth-order valence-corrected chi connectivity index (χ4v) is 4.94. The van der Waals surface area contributed by atoms with Crippen LogP contribution in [0.2, 0.25) is 0 Å². The van der Waals surface area contributed by atoms with Gasteiger partial charge in [-0.2, -0.15) is 0 Å². The lowest BCUT2D eigenvalue weighted by atomic mass is 9.79. The lowest BCUT2D eigenvalue weighted by Gasteiger charge is -2.46. The average Bonchev–Trinajstić information content (AvgIpc) is 2.79. The van der Waals surface area contributed by atoms with E-state index in [2.05, 4.69) is 50.4 Å². The van der Waals surface area contributed by atoms with Crippen molar-refractivity contribution in [2.45, 2.75) is 69.9 Å². The maximum Gasteiger partial charge on any atom is 0.0359 e. The van der Waals surface area contributed by atoms with Crippen LogP contribution in [0.15, 0.2) is 12.1 Å². The molecule has 2 nitrogen and oxygen atoms in total. The van der Waals surface area contributed by atoms with Gasteiger partial charge in [0.1, 0.15) is 0 Å². The fraction of sp³-hybridized carbons (Fsp3) is 0.778. The molecule has 120 valence electrons. The van der Waals surface area contributed by atoms with Crippen molar-refractivity contribution in [3.8, 4) is 0 Å². The van der Waals surface area contributed by atoms with Gasteiger partial charge in [0.25, 0.3) is 0 Å². The molecule has 1 N–H and O–H groups in total. The molecule has 0 aliphatic heterocycles. The SMILES string of the molecule is CCc1ccc(CC(NC)C2(N(C)C)CCCCCC2)s1. The molecule has 21 heavy (non-hydrogen) atoms. The number of thiophene rings is 1. The van der Waals surface area contributed by atoms with Crippen molar-refractivity contribution < 1.29 is 0 Å². The predicted octanol–water partition coefficient (Wildman–Crippen LogP) is 4.10. The molecule has 3 heteroatoms. The van der Waals surface area contributed by atoms with Crippen molar-refractivity contribution in [3.63, 3.8) is 0 Å². The molecule has 1 fully saturated rings. The van der Waals surface area contributed by atoms with Gasteiger partial charge in [-0.25, -0.2) is 0 Å². The Labute approximate surface area is 134 Å². The summed E-state index contributed by atoms with van der Waals surface area (Å²) < 4.78 is 0. The number of aryl methyl sites for hydroxylation is 1. The molecule has 1 saturated carbocycles. The highest BCUT2D eigenvalue weighted by Crippen LogP contribution is 2.36. The normalized spacial score (nSPS) is 20.4. The molecule has 0 amide bonds. The van der Waals surface area contributed by atoms with Gasteiger partial charge in [-0.15, -0.1) is 11.3 Å². The van der Waals surface area contributed by atoms with E-state index >= 15 is 0 Å². The smallest absolute Gasteiger partial charge is 0.0359 e. The minimum absolute atomic E-state index is 0.321. The first-order valence-electron chi connectivity index (χ1n) is 8.54. The van der Waals surface area contributed by atoms with E-state index in [0.29, 0.717) is 11.6 Å². The van der Waals surface area contributed by atoms with E-state index in [0.717, 1.165) is 6.42 Å². The summed E-state index contributed by atoms with van der Waals surface area (Å²) in [7, 11) is 6.71. The topological polar surface area (TPSA) is 15.3 Å². The van der Waals surface area contributed by atoms with Gasteiger partial charge in [-0.05, 0) is 59.0 Å². The fourth-order valence-electron chi connectivity index (χ4n) is 3.93. The standard InChI is InChI=1S/C18H32N2S/c1-5-15-10-11-16(21-15)14-17(19-2)18(20(3)4)12-8-6-7-9-13-18/h10-11,17,19H,5-9,12-14H2,1-4H3. The molecule has 0 saturated heterocycles. The van der Waals surface area contributed by atoms with Crippen LogP contribution in [0.4, 0.5) is 0 Å². The van der Waals surface area contributed by atoms with E-state index in [-0.39, 0.29) is 0 Å². The van der Waals surface area contributed by atoms with E-state index in [9.17, 15) is 0 Å². The molecule has 1 aromatic heterocycles. The molecule has 1 heterocycles. The zero-order valence-electron chi connectivity index (χ0n) is 14.2. The van der Waals surface area contributed by atoms with Gasteiger partial charge in [0, 0.05) is 21.3 Å². The molecule has 0 bridgehead atoms. The number of nitrogens with one attached hydrogen (secondary N) is 1. The summed E-state index contributed by atoms with van der Waals surface area (Å²) in [6.07, 6.45) is 10.6. The second kappa shape index (κ2) is 7.75. The molecule has 2 rings (SSSR count). The van der Waals surface area contributed by atoms with E-state index in [4.69, 9.17) is 0 Å². The molecule has 1 unspecified atom stereocenters. The monoisotopic (exact) mass is 308 g/mol. The zero-order chi connectivity index (χ0) is 15.3. The molecule has 1 atom stereocenters. The Morgan fingerprint density at radius 3 is 2.24 bits per heavy atom. The summed E-state index contributed by atoms with van der Waals surface area (Å²) in [6, 6.07) is 5.20. The van der Waals surface area contributed by atoms with Gasteiger partial charge in [0.2, 0.25) is 0 Å². The second-order valence-corrected chi connectivity index (χ2v) is 7.93. The van der Waals surface area contributed by atoms with Crippen LogP contribution in [0.25, 0.3) is 0 Å². The first-order valence-corrected chi connectivity index (χ1v) is 9.36. The second-order valence-electron chi connectivity index (χ2n) is 6.68. The lowest BCUT2D eigenvalue weighted by molar-refractivity contribution is 0.0839. The minimum Gasteiger partial charge on any atom is -0.315 e. The van der Waals surface area contributed by atoms with Crippen LogP contribution in [0, 0.1) is 0 Å². The largest absolute Gasteiger partial charge is 0.315 e. The summed E-state index contributed by atoms with van der Waals surface area (Å²) in [5.41, 5.74) is 0.321. The zero-order valence-corrected chi connectivity index (χ0v) is 15.1. The molecule has 1 aromatic rings. The number of hydrogen-bond donors (Lipinski definition) is 1. The van der Waals surface area contributed by atoms with Crippen LogP contribution < -0.4 is 5.32 Å². The van der Waals surface area contributed by atoms with Gasteiger partial charge in [0.15, 0.2) is 0 Å². The summed E-state index contributed by atoms with van der Waals surface area (Å²) in [6.45, 7) is 2.25. The van der Waals surface area contributed by atoms with Crippen molar-refractivity contribution in [1.29, 1.82) is 0 Å². The van der Waals surface area contributed by atoms with Gasteiger partial charge in [-0.3, -0.25) is 0 Å². The summed E-state index contributed by atoms with van der Waals surface area (Å²) in [5, 5.41) is 3.66. The maximum atomic E-state index is 3.66. The highest BCUT2D eigenvalue weighted by molar-refractivity contribution is 7.11. The average molecular weight is 309 g/mol. The van der Waals surface area contributed by atoms with Crippen molar-refractivity contribution in [3.05, 3.63) is 21.9 Å². The molecular weight excluding hydrogens is 276 g/mol. The Balaban J connectivity index is 2.18. The highest BCUT2D eigenvalue weighted by Gasteiger charge is 2.40. The summed E-state index contributed by atoms with van der Waals surface area (Å²) in [5.74, 6) is 0. The number of nitrogens with zero attached hydrogens (tertiary/aromatic N) is 1. The van der Waals surface area contributed by atoms with Crippen LogP contribution in [0.1, 0.15) is 55.2 Å². The Kier molecular flexibility index (Phi) is 6.27. The Morgan fingerprint density at radius 1 is 1.14 bits per heavy atom. The molecule has 0 aromatic carbocycles. The molecule has 0 radical (unpaired) electrons. The first kappa shape index (κ1) is 17.0. The van der Waals surface area contributed by atoms with Crippen LogP contribution in [0.3, 0.4) is 0 Å². The van der Waals surface area contributed by atoms with E-state index in [1.165, 1.54) is 54.7 Å². The quantitative estimate of drug-likeness (QED) is 0.796. The third-order valence-corrected chi connectivity index (χ3v) is 6.58. The maximum absolute atomic E-state index is 3.66. The highest BCUT2D eigenvalue weighted by atomic mass is 32.1. The Bertz CT molecular complexity index is 417. The molecular formula is C18H32N2S. The lowest BCUT2D eigenvalue weighted by Crippen LogP contribution is -2.59. The summed E-state index contributed by atoms with van der Waals surface area (Å²) in [4.78, 5) is 5.56. The predicted molar refractivity (Wildman–Crippen MR) is 94.4 cm³/mol. The van der Waals surface area contributed by atoms with Crippen LogP contribution in [0.5, 0.6) is 0 Å². The Morgan fingerprint density at radius 2 is 1.76 bits per heavy atom. The van der Waals surface area contributed by atoms with Gasteiger partial charge in [-0.1, -0.05) is 32.6 Å². The molecule has 1 aliphatic carbocycles.